The van der Waals surface area contributed by atoms with Crippen LogP contribution in [-0.4, -0.2) is 22.8 Å². The van der Waals surface area contributed by atoms with Gasteiger partial charge in [-0.1, -0.05) is 29.5 Å². The molecular formula is C15H15N3OS. The highest BCUT2D eigenvalue weighted by Gasteiger charge is 2.20. The predicted molar refractivity (Wildman–Crippen MR) is 79.8 cm³/mol. The van der Waals surface area contributed by atoms with Crippen molar-refractivity contribution in [2.75, 3.05) is 6.54 Å². The maximum atomic E-state index is 5.56. The van der Waals surface area contributed by atoms with E-state index in [2.05, 4.69) is 21.6 Å². The third-order valence-corrected chi connectivity index (χ3v) is 4.54. The zero-order valence-corrected chi connectivity index (χ0v) is 11.8. The van der Waals surface area contributed by atoms with Crippen molar-refractivity contribution in [1.29, 1.82) is 0 Å². The number of para-hydroxylation sites is 1. The molecule has 1 saturated carbocycles. The van der Waals surface area contributed by atoms with Crippen LogP contribution in [0.5, 0.6) is 0 Å². The van der Waals surface area contributed by atoms with Gasteiger partial charge in [0.1, 0.15) is 16.9 Å². The van der Waals surface area contributed by atoms with E-state index in [0.717, 1.165) is 45.6 Å². The molecule has 0 amide bonds. The van der Waals surface area contributed by atoms with Gasteiger partial charge in [-0.25, -0.2) is 0 Å². The highest BCUT2D eigenvalue weighted by atomic mass is 32.1. The fourth-order valence-electron chi connectivity index (χ4n) is 2.28. The van der Waals surface area contributed by atoms with Crippen LogP contribution in [-0.2, 0) is 6.42 Å². The van der Waals surface area contributed by atoms with Crippen molar-refractivity contribution >= 4 is 22.3 Å². The summed E-state index contributed by atoms with van der Waals surface area (Å²) in [5.74, 6) is 0. The summed E-state index contributed by atoms with van der Waals surface area (Å²) in [4.78, 5) is 0. The Morgan fingerprint density at radius 2 is 2.15 bits per heavy atom. The van der Waals surface area contributed by atoms with Crippen LogP contribution in [0.25, 0.3) is 21.5 Å². The average molecular weight is 285 g/mol. The second-order valence-electron chi connectivity index (χ2n) is 5.12. The minimum atomic E-state index is 0.750. The lowest BCUT2D eigenvalue weighted by Gasteiger charge is -1.97. The molecule has 1 N–H and O–H groups in total. The Labute approximate surface area is 120 Å². The van der Waals surface area contributed by atoms with Crippen molar-refractivity contribution in [2.24, 2.45) is 0 Å². The molecule has 1 aliphatic rings. The lowest BCUT2D eigenvalue weighted by Crippen LogP contribution is -2.19. The minimum Gasteiger partial charge on any atom is -0.464 e. The van der Waals surface area contributed by atoms with Gasteiger partial charge in [0.15, 0.2) is 5.01 Å². The third kappa shape index (κ3) is 2.34. The van der Waals surface area contributed by atoms with E-state index in [-0.39, 0.29) is 0 Å². The van der Waals surface area contributed by atoms with Crippen molar-refractivity contribution in [3.05, 3.63) is 35.5 Å². The molecule has 0 saturated heterocycles. The van der Waals surface area contributed by atoms with E-state index in [1.807, 2.05) is 18.2 Å². The summed E-state index contributed by atoms with van der Waals surface area (Å²) in [5, 5.41) is 15.2. The highest BCUT2D eigenvalue weighted by Crippen LogP contribution is 2.32. The molecule has 0 unspecified atom stereocenters. The summed E-state index contributed by atoms with van der Waals surface area (Å²) >= 11 is 1.66. The molecule has 5 heteroatoms. The fraction of sp³-hybridized carbons (Fsp3) is 0.333. The van der Waals surface area contributed by atoms with E-state index < -0.39 is 0 Å². The summed E-state index contributed by atoms with van der Waals surface area (Å²) in [6.07, 6.45) is 5.37. The predicted octanol–water partition coefficient (Wildman–Crippen LogP) is 3.25. The van der Waals surface area contributed by atoms with Crippen LogP contribution in [0.2, 0.25) is 0 Å². The van der Waals surface area contributed by atoms with Gasteiger partial charge >= 0.3 is 0 Å². The molecule has 20 heavy (non-hydrogen) atoms. The Morgan fingerprint density at radius 3 is 3.05 bits per heavy atom. The monoisotopic (exact) mass is 285 g/mol. The van der Waals surface area contributed by atoms with Crippen molar-refractivity contribution < 1.29 is 4.42 Å². The molecule has 3 aromatic rings. The van der Waals surface area contributed by atoms with E-state index in [1.54, 1.807) is 17.6 Å². The smallest absolute Gasteiger partial charge is 0.151 e. The van der Waals surface area contributed by atoms with E-state index in [4.69, 9.17) is 4.42 Å². The number of furan rings is 1. The Kier molecular flexibility index (Phi) is 3.01. The van der Waals surface area contributed by atoms with Crippen molar-refractivity contribution in [3.63, 3.8) is 0 Å². The third-order valence-electron chi connectivity index (χ3n) is 3.53. The van der Waals surface area contributed by atoms with Gasteiger partial charge in [0.2, 0.25) is 0 Å². The maximum absolute atomic E-state index is 5.56. The molecule has 2 heterocycles. The molecule has 0 radical (unpaired) electrons. The quantitative estimate of drug-likeness (QED) is 0.782. The number of benzene rings is 1. The van der Waals surface area contributed by atoms with Gasteiger partial charge in [-0.15, -0.1) is 10.2 Å². The number of nitrogens with one attached hydrogen (secondary N) is 1. The molecule has 0 atom stereocenters. The Balaban J connectivity index is 1.54. The Morgan fingerprint density at radius 1 is 1.25 bits per heavy atom. The summed E-state index contributed by atoms with van der Waals surface area (Å²) in [6.45, 7) is 0.992. The summed E-state index contributed by atoms with van der Waals surface area (Å²) in [7, 11) is 0. The normalized spacial score (nSPS) is 15.0. The molecule has 102 valence electrons. The summed E-state index contributed by atoms with van der Waals surface area (Å²) in [6, 6.07) is 8.78. The lowest BCUT2D eigenvalue weighted by atomic mass is 10.2. The molecule has 4 rings (SSSR count). The molecule has 4 nitrogen and oxygen atoms in total. The van der Waals surface area contributed by atoms with Gasteiger partial charge in [-0.2, -0.15) is 0 Å². The fourth-order valence-corrected chi connectivity index (χ4v) is 3.14. The molecule has 0 spiro atoms. The van der Waals surface area contributed by atoms with Gasteiger partial charge in [-0.3, -0.25) is 0 Å². The van der Waals surface area contributed by atoms with Crippen LogP contribution in [0.15, 0.2) is 34.9 Å². The zero-order chi connectivity index (χ0) is 13.4. The van der Waals surface area contributed by atoms with Crippen LogP contribution in [0, 0.1) is 0 Å². The highest BCUT2D eigenvalue weighted by molar-refractivity contribution is 7.14. The van der Waals surface area contributed by atoms with Gasteiger partial charge in [0, 0.05) is 24.4 Å². The van der Waals surface area contributed by atoms with Crippen LogP contribution >= 0.6 is 11.3 Å². The van der Waals surface area contributed by atoms with Crippen LogP contribution < -0.4 is 5.32 Å². The molecule has 0 bridgehead atoms. The van der Waals surface area contributed by atoms with Crippen LogP contribution in [0.1, 0.15) is 17.8 Å². The Bertz CT molecular complexity index is 729. The van der Waals surface area contributed by atoms with Crippen molar-refractivity contribution in [1.82, 2.24) is 15.5 Å². The molecule has 1 aromatic carbocycles. The van der Waals surface area contributed by atoms with E-state index in [1.165, 1.54) is 12.8 Å². The lowest BCUT2D eigenvalue weighted by molar-refractivity contribution is 0.617. The second-order valence-corrected chi connectivity index (χ2v) is 6.19. The van der Waals surface area contributed by atoms with Gasteiger partial charge < -0.3 is 9.73 Å². The van der Waals surface area contributed by atoms with Gasteiger partial charge in [0.05, 0.1) is 5.56 Å². The van der Waals surface area contributed by atoms with Gasteiger partial charge in [0.25, 0.3) is 0 Å². The number of aromatic nitrogens is 2. The average Bonchev–Trinajstić information content (AvgIpc) is 3.01. The van der Waals surface area contributed by atoms with Crippen molar-refractivity contribution in [2.45, 2.75) is 25.3 Å². The first-order valence-corrected chi connectivity index (χ1v) is 7.74. The molecule has 1 aliphatic carbocycles. The second kappa shape index (κ2) is 5.00. The molecule has 2 aromatic heterocycles. The largest absolute Gasteiger partial charge is 0.464 e. The molecule has 1 fully saturated rings. The first-order chi connectivity index (χ1) is 9.90. The zero-order valence-electron chi connectivity index (χ0n) is 11.0. The number of nitrogens with zero attached hydrogens (tertiary/aromatic N) is 2. The number of fused-ring (bicyclic) bond motifs is 1. The SMILES string of the molecule is c1ccc2c(-c3nnc(CCNC4CC4)s3)coc2c1. The topological polar surface area (TPSA) is 51.0 Å². The van der Waals surface area contributed by atoms with Crippen molar-refractivity contribution in [3.8, 4) is 10.6 Å². The van der Waals surface area contributed by atoms with Crippen LogP contribution in [0.3, 0.4) is 0 Å². The standard InChI is InChI=1S/C15H15N3OS/c1-2-4-13-11(3-1)12(9-19-13)15-18-17-14(20-15)7-8-16-10-5-6-10/h1-4,9-10,16H,5-8H2. The van der Waals surface area contributed by atoms with E-state index >= 15 is 0 Å². The first-order valence-electron chi connectivity index (χ1n) is 6.92. The number of hydrogen-bond acceptors (Lipinski definition) is 5. The summed E-state index contributed by atoms with van der Waals surface area (Å²) in [5.41, 5.74) is 1.94. The van der Waals surface area contributed by atoms with Crippen LogP contribution in [0.4, 0.5) is 0 Å². The molecule has 0 aliphatic heterocycles. The minimum absolute atomic E-state index is 0.750. The number of hydrogen-bond donors (Lipinski definition) is 1. The number of rotatable bonds is 5. The maximum Gasteiger partial charge on any atom is 0.151 e. The summed E-state index contributed by atoms with van der Waals surface area (Å²) < 4.78 is 5.56. The van der Waals surface area contributed by atoms with E-state index in [0.29, 0.717) is 0 Å². The molecular weight excluding hydrogens is 270 g/mol. The van der Waals surface area contributed by atoms with Gasteiger partial charge in [-0.05, 0) is 18.9 Å². The first kappa shape index (κ1) is 12.1. The Hall–Kier alpha value is -1.72. The van der Waals surface area contributed by atoms with E-state index in [9.17, 15) is 0 Å².